The van der Waals surface area contributed by atoms with Gasteiger partial charge in [-0.05, 0) is 25.1 Å². The molecule has 0 bridgehead atoms. The number of benzene rings is 1. The van der Waals surface area contributed by atoms with Gasteiger partial charge in [-0.3, -0.25) is 4.21 Å². The fourth-order valence-corrected chi connectivity index (χ4v) is 3.54. The molecule has 0 saturated carbocycles. The van der Waals surface area contributed by atoms with Crippen LogP contribution in [0.4, 0.5) is 0 Å². The Balaban J connectivity index is 2.57. The zero-order chi connectivity index (χ0) is 9.42. The Morgan fingerprint density at radius 1 is 1.54 bits per heavy atom. The van der Waals surface area contributed by atoms with Crippen LogP contribution in [0.2, 0.25) is 0 Å². The molecule has 2 rings (SSSR count). The quantitative estimate of drug-likeness (QED) is 0.733. The zero-order valence-corrected chi connectivity index (χ0v) is 8.65. The lowest BCUT2D eigenvalue weighted by Crippen LogP contribution is -2.16. The predicted octanol–water partition coefficient (Wildman–Crippen LogP) is 1.38. The van der Waals surface area contributed by atoms with Crippen molar-refractivity contribution in [3.05, 3.63) is 29.3 Å². The minimum atomic E-state index is -0.802. The van der Waals surface area contributed by atoms with Crippen LogP contribution in [0, 0.1) is 6.92 Å². The van der Waals surface area contributed by atoms with E-state index in [4.69, 9.17) is 0 Å². The Morgan fingerprint density at radius 2 is 2.31 bits per heavy atom. The smallest absolute Gasteiger partial charge is 0.0554 e. The van der Waals surface area contributed by atoms with Crippen LogP contribution in [0.15, 0.2) is 23.1 Å². The van der Waals surface area contributed by atoms with E-state index < -0.39 is 10.8 Å². The minimum absolute atomic E-state index is 0.274. The summed E-state index contributed by atoms with van der Waals surface area (Å²) in [6.07, 6.45) is 0. The first-order valence-electron chi connectivity index (χ1n) is 4.39. The second-order valence-corrected chi connectivity index (χ2v) is 4.78. The average Bonchev–Trinajstić information content (AvgIpc) is 2.44. The lowest BCUT2D eigenvalue weighted by atomic mass is 10.1. The number of nitrogens with one attached hydrogen (secondary N) is 1. The van der Waals surface area contributed by atoms with Crippen molar-refractivity contribution < 1.29 is 4.21 Å². The number of aryl methyl sites for hydroxylation is 1. The van der Waals surface area contributed by atoms with Crippen LogP contribution in [0.3, 0.4) is 0 Å². The molecule has 2 unspecified atom stereocenters. The summed E-state index contributed by atoms with van der Waals surface area (Å²) in [5.41, 5.74) is 2.36. The molecule has 2 nitrogen and oxygen atoms in total. The van der Waals surface area contributed by atoms with Gasteiger partial charge in [-0.2, -0.15) is 0 Å². The van der Waals surface area contributed by atoms with Crippen LogP contribution in [-0.2, 0) is 10.8 Å². The summed E-state index contributed by atoms with van der Waals surface area (Å²) >= 11 is 0. The first kappa shape index (κ1) is 8.91. The summed E-state index contributed by atoms with van der Waals surface area (Å²) in [5, 5.41) is 3.18. The predicted molar refractivity (Wildman–Crippen MR) is 54.3 cm³/mol. The second-order valence-electron chi connectivity index (χ2n) is 3.35. The molecule has 1 aromatic carbocycles. The Hall–Kier alpha value is -0.670. The molecular formula is C10H13NOS. The molecule has 0 saturated heterocycles. The van der Waals surface area contributed by atoms with E-state index in [1.165, 1.54) is 5.56 Å². The number of rotatable bonds is 1. The molecule has 70 valence electrons. The van der Waals surface area contributed by atoms with Crippen molar-refractivity contribution in [2.24, 2.45) is 0 Å². The lowest BCUT2D eigenvalue weighted by Gasteiger charge is -2.08. The third-order valence-corrected chi connectivity index (χ3v) is 4.16. The van der Waals surface area contributed by atoms with Crippen LogP contribution in [-0.4, -0.2) is 17.0 Å². The van der Waals surface area contributed by atoms with Gasteiger partial charge in [-0.1, -0.05) is 18.2 Å². The molecule has 1 aromatic rings. The minimum Gasteiger partial charge on any atom is -0.312 e. The molecule has 0 fully saturated rings. The second kappa shape index (κ2) is 3.24. The summed E-state index contributed by atoms with van der Waals surface area (Å²) < 4.78 is 11.7. The van der Waals surface area contributed by atoms with E-state index in [1.54, 1.807) is 0 Å². The zero-order valence-electron chi connectivity index (χ0n) is 7.83. The standard InChI is InChI=1S/C10H13NOS/c1-7-4-3-5-8-9(11-2)6-13(12)10(7)8/h3-5,9,11H,6H2,1-2H3. The fraction of sp³-hybridized carbons (Fsp3) is 0.400. The molecule has 1 heterocycles. The molecule has 3 heteroatoms. The van der Waals surface area contributed by atoms with Crippen molar-refractivity contribution in [1.82, 2.24) is 5.32 Å². The highest BCUT2D eigenvalue weighted by atomic mass is 32.2. The summed E-state index contributed by atoms with van der Waals surface area (Å²) in [6.45, 7) is 2.02. The topological polar surface area (TPSA) is 29.1 Å². The third-order valence-electron chi connectivity index (χ3n) is 2.51. The van der Waals surface area contributed by atoms with Gasteiger partial charge in [0.25, 0.3) is 0 Å². The van der Waals surface area contributed by atoms with Crippen molar-refractivity contribution in [2.75, 3.05) is 12.8 Å². The highest BCUT2D eigenvalue weighted by Gasteiger charge is 2.27. The Kier molecular flexibility index (Phi) is 2.22. The van der Waals surface area contributed by atoms with Crippen molar-refractivity contribution in [3.8, 4) is 0 Å². The SMILES string of the molecule is CNC1CS(=O)c2c(C)cccc21. The van der Waals surface area contributed by atoms with Gasteiger partial charge in [-0.15, -0.1) is 0 Å². The summed E-state index contributed by atoms with van der Waals surface area (Å²) in [6, 6.07) is 6.39. The van der Waals surface area contributed by atoms with E-state index >= 15 is 0 Å². The molecular weight excluding hydrogens is 182 g/mol. The van der Waals surface area contributed by atoms with E-state index in [1.807, 2.05) is 26.1 Å². The average molecular weight is 195 g/mol. The number of hydrogen-bond acceptors (Lipinski definition) is 2. The number of hydrogen-bond donors (Lipinski definition) is 1. The van der Waals surface area contributed by atoms with E-state index in [0.717, 1.165) is 16.2 Å². The van der Waals surface area contributed by atoms with E-state index in [2.05, 4.69) is 11.4 Å². The van der Waals surface area contributed by atoms with Gasteiger partial charge < -0.3 is 5.32 Å². The van der Waals surface area contributed by atoms with Crippen molar-refractivity contribution in [1.29, 1.82) is 0 Å². The normalized spacial score (nSPS) is 26.0. The van der Waals surface area contributed by atoms with Gasteiger partial charge in [-0.25, -0.2) is 0 Å². The van der Waals surface area contributed by atoms with Gasteiger partial charge in [0, 0.05) is 16.7 Å². The molecule has 1 aliphatic rings. The van der Waals surface area contributed by atoms with Crippen LogP contribution >= 0.6 is 0 Å². The molecule has 0 aliphatic carbocycles. The summed E-state index contributed by atoms with van der Waals surface area (Å²) in [7, 11) is 1.11. The Morgan fingerprint density at radius 3 is 3.00 bits per heavy atom. The van der Waals surface area contributed by atoms with Gasteiger partial charge >= 0.3 is 0 Å². The number of fused-ring (bicyclic) bond motifs is 1. The fourth-order valence-electron chi connectivity index (χ4n) is 1.82. The van der Waals surface area contributed by atoms with E-state index in [-0.39, 0.29) is 6.04 Å². The monoisotopic (exact) mass is 195 g/mol. The molecule has 0 amide bonds. The molecule has 0 spiro atoms. The van der Waals surface area contributed by atoms with Gasteiger partial charge in [0.1, 0.15) is 0 Å². The maximum Gasteiger partial charge on any atom is 0.0554 e. The van der Waals surface area contributed by atoms with Crippen molar-refractivity contribution >= 4 is 10.8 Å². The highest BCUT2D eigenvalue weighted by molar-refractivity contribution is 7.85. The van der Waals surface area contributed by atoms with Gasteiger partial charge in [0.05, 0.1) is 10.8 Å². The highest BCUT2D eigenvalue weighted by Crippen LogP contribution is 2.32. The molecule has 2 atom stereocenters. The van der Waals surface area contributed by atoms with Gasteiger partial charge in [0.2, 0.25) is 0 Å². The summed E-state index contributed by atoms with van der Waals surface area (Å²) in [4.78, 5) is 1.04. The molecule has 0 aromatic heterocycles. The maximum atomic E-state index is 11.7. The van der Waals surface area contributed by atoms with Crippen LogP contribution < -0.4 is 5.32 Å². The van der Waals surface area contributed by atoms with Crippen molar-refractivity contribution in [2.45, 2.75) is 17.9 Å². The summed E-state index contributed by atoms with van der Waals surface area (Å²) in [5.74, 6) is 0.719. The Bertz CT molecular complexity index is 362. The first-order chi connectivity index (χ1) is 6.24. The largest absolute Gasteiger partial charge is 0.312 e. The van der Waals surface area contributed by atoms with Crippen LogP contribution in [0.5, 0.6) is 0 Å². The molecule has 1 N–H and O–H groups in total. The molecule has 1 aliphatic heterocycles. The third kappa shape index (κ3) is 1.32. The molecule has 13 heavy (non-hydrogen) atoms. The Labute approximate surface area is 80.8 Å². The molecule has 0 radical (unpaired) electrons. The van der Waals surface area contributed by atoms with Crippen LogP contribution in [0.1, 0.15) is 17.2 Å². The van der Waals surface area contributed by atoms with E-state index in [9.17, 15) is 4.21 Å². The van der Waals surface area contributed by atoms with Crippen LogP contribution in [0.25, 0.3) is 0 Å². The lowest BCUT2D eigenvalue weighted by molar-refractivity contribution is 0.652. The van der Waals surface area contributed by atoms with Crippen molar-refractivity contribution in [3.63, 3.8) is 0 Å². The first-order valence-corrected chi connectivity index (χ1v) is 5.71. The van der Waals surface area contributed by atoms with Gasteiger partial charge in [0.15, 0.2) is 0 Å². The van der Waals surface area contributed by atoms with E-state index in [0.29, 0.717) is 0 Å². The maximum absolute atomic E-state index is 11.7.